The predicted octanol–water partition coefficient (Wildman–Crippen LogP) is 2.84. The molecule has 0 heterocycles. The Bertz CT molecular complexity index is 569. The third kappa shape index (κ3) is 3.67. The second-order valence-corrected chi connectivity index (χ2v) is 4.93. The second-order valence-electron chi connectivity index (χ2n) is 4.93. The van der Waals surface area contributed by atoms with Gasteiger partial charge in [-0.25, -0.2) is 0 Å². The van der Waals surface area contributed by atoms with Crippen molar-refractivity contribution in [1.29, 1.82) is 0 Å². The Morgan fingerprint density at radius 3 is 2.29 bits per heavy atom. The van der Waals surface area contributed by atoms with E-state index in [4.69, 9.17) is 15.2 Å². The fourth-order valence-corrected chi connectivity index (χ4v) is 2.30. The zero-order valence-electron chi connectivity index (χ0n) is 12.7. The van der Waals surface area contributed by atoms with E-state index >= 15 is 0 Å². The fourth-order valence-electron chi connectivity index (χ4n) is 2.30. The number of hydrogen-bond acceptors (Lipinski definition) is 4. The van der Waals surface area contributed by atoms with Crippen LogP contribution in [0.3, 0.4) is 0 Å². The molecule has 0 spiro atoms. The lowest BCUT2D eigenvalue weighted by Gasteiger charge is -2.25. The van der Waals surface area contributed by atoms with E-state index in [0.29, 0.717) is 6.54 Å². The number of benzene rings is 2. The van der Waals surface area contributed by atoms with E-state index in [2.05, 4.69) is 4.90 Å². The van der Waals surface area contributed by atoms with Crippen LogP contribution in [0.15, 0.2) is 48.5 Å². The zero-order chi connectivity index (χ0) is 15.2. The molecule has 1 unspecified atom stereocenters. The van der Waals surface area contributed by atoms with E-state index in [1.54, 1.807) is 14.2 Å². The van der Waals surface area contributed by atoms with Crippen molar-refractivity contribution in [3.8, 4) is 11.5 Å². The van der Waals surface area contributed by atoms with E-state index in [0.717, 1.165) is 22.7 Å². The van der Waals surface area contributed by atoms with Crippen molar-refractivity contribution in [2.45, 2.75) is 6.04 Å². The number of para-hydroxylation sites is 2. The third-order valence-corrected chi connectivity index (χ3v) is 3.51. The molecule has 112 valence electrons. The van der Waals surface area contributed by atoms with Gasteiger partial charge in [-0.15, -0.1) is 0 Å². The average molecular weight is 286 g/mol. The molecule has 0 radical (unpaired) electrons. The van der Waals surface area contributed by atoms with Crippen molar-refractivity contribution >= 4 is 5.69 Å². The van der Waals surface area contributed by atoms with Gasteiger partial charge in [0, 0.05) is 19.6 Å². The maximum atomic E-state index is 6.29. The van der Waals surface area contributed by atoms with Gasteiger partial charge >= 0.3 is 0 Å². The molecule has 1 atom stereocenters. The predicted molar refractivity (Wildman–Crippen MR) is 86.2 cm³/mol. The lowest BCUT2D eigenvalue weighted by molar-refractivity contribution is 0.414. The third-order valence-electron chi connectivity index (χ3n) is 3.51. The largest absolute Gasteiger partial charge is 0.497 e. The first-order chi connectivity index (χ1) is 10.2. The molecule has 4 nitrogen and oxygen atoms in total. The zero-order valence-corrected chi connectivity index (χ0v) is 12.7. The molecule has 0 aliphatic carbocycles. The Morgan fingerprint density at radius 2 is 1.67 bits per heavy atom. The molecule has 0 saturated heterocycles. The highest BCUT2D eigenvalue weighted by atomic mass is 16.5. The van der Waals surface area contributed by atoms with E-state index in [-0.39, 0.29) is 6.04 Å². The molecule has 2 N–H and O–H groups in total. The molecule has 21 heavy (non-hydrogen) atoms. The topological polar surface area (TPSA) is 47.7 Å². The minimum Gasteiger partial charge on any atom is -0.497 e. The summed E-state index contributed by atoms with van der Waals surface area (Å²) in [5.74, 6) is 1.69. The normalized spacial score (nSPS) is 11.8. The number of anilines is 1. The van der Waals surface area contributed by atoms with Crippen LogP contribution in [0.25, 0.3) is 0 Å². The number of methoxy groups -OCH3 is 2. The molecule has 2 rings (SSSR count). The summed E-state index contributed by atoms with van der Waals surface area (Å²) in [5.41, 5.74) is 8.41. The van der Waals surface area contributed by atoms with Gasteiger partial charge in [0.15, 0.2) is 0 Å². The Balaban J connectivity index is 2.08. The van der Waals surface area contributed by atoms with Crippen LogP contribution in [0.1, 0.15) is 11.6 Å². The Morgan fingerprint density at radius 1 is 1.00 bits per heavy atom. The van der Waals surface area contributed by atoms with Crippen LogP contribution in [0.5, 0.6) is 11.5 Å². The number of rotatable bonds is 6. The summed E-state index contributed by atoms with van der Waals surface area (Å²) in [6, 6.07) is 15.7. The van der Waals surface area contributed by atoms with Crippen LogP contribution in [0.2, 0.25) is 0 Å². The van der Waals surface area contributed by atoms with E-state index < -0.39 is 0 Å². The van der Waals surface area contributed by atoms with E-state index in [1.807, 2.05) is 55.6 Å². The lowest BCUT2D eigenvalue weighted by atomic mass is 10.1. The van der Waals surface area contributed by atoms with Crippen LogP contribution >= 0.6 is 0 Å². The van der Waals surface area contributed by atoms with Crippen molar-refractivity contribution in [2.24, 2.45) is 5.73 Å². The van der Waals surface area contributed by atoms with Crippen molar-refractivity contribution in [3.05, 3.63) is 54.1 Å². The SMILES string of the molecule is COc1ccc(C(N)CN(C)c2ccccc2OC)cc1. The van der Waals surface area contributed by atoms with Crippen molar-refractivity contribution in [2.75, 3.05) is 32.7 Å². The first-order valence-corrected chi connectivity index (χ1v) is 6.89. The van der Waals surface area contributed by atoms with Crippen molar-refractivity contribution in [3.63, 3.8) is 0 Å². The number of likely N-dealkylation sites (N-methyl/N-ethyl adjacent to an activating group) is 1. The van der Waals surface area contributed by atoms with Gasteiger partial charge in [0.1, 0.15) is 11.5 Å². The minimum absolute atomic E-state index is 0.0779. The molecular weight excluding hydrogens is 264 g/mol. The molecule has 0 amide bonds. The summed E-state index contributed by atoms with van der Waals surface area (Å²) in [7, 11) is 5.35. The highest BCUT2D eigenvalue weighted by molar-refractivity contribution is 5.58. The molecule has 2 aromatic carbocycles. The number of hydrogen-bond donors (Lipinski definition) is 1. The Kier molecular flexibility index (Phi) is 5.06. The van der Waals surface area contributed by atoms with Gasteiger partial charge in [-0.3, -0.25) is 0 Å². The lowest BCUT2D eigenvalue weighted by Crippen LogP contribution is -2.29. The summed E-state index contributed by atoms with van der Waals surface area (Å²) in [6.07, 6.45) is 0. The van der Waals surface area contributed by atoms with Gasteiger partial charge in [0.05, 0.1) is 19.9 Å². The molecular formula is C17H22N2O2. The molecule has 0 fully saturated rings. The standard InChI is InChI=1S/C17H22N2O2/c1-19(16-6-4-5-7-17(16)21-3)12-15(18)13-8-10-14(20-2)11-9-13/h4-11,15H,12,18H2,1-3H3. The Labute approximate surface area is 126 Å². The highest BCUT2D eigenvalue weighted by Gasteiger charge is 2.13. The summed E-state index contributed by atoms with van der Waals surface area (Å²) in [6.45, 7) is 0.701. The monoisotopic (exact) mass is 286 g/mol. The van der Waals surface area contributed by atoms with E-state index in [1.165, 1.54) is 0 Å². The van der Waals surface area contributed by atoms with Crippen LogP contribution in [0.4, 0.5) is 5.69 Å². The van der Waals surface area contributed by atoms with Gasteiger partial charge in [-0.2, -0.15) is 0 Å². The van der Waals surface area contributed by atoms with Crippen LogP contribution in [0, 0.1) is 0 Å². The fraction of sp³-hybridized carbons (Fsp3) is 0.294. The quantitative estimate of drug-likeness (QED) is 0.887. The maximum absolute atomic E-state index is 6.29. The Hall–Kier alpha value is -2.20. The van der Waals surface area contributed by atoms with Gasteiger partial charge < -0.3 is 20.1 Å². The summed E-state index contributed by atoms with van der Waals surface area (Å²) in [5, 5.41) is 0. The molecule has 0 aromatic heterocycles. The van der Waals surface area contributed by atoms with Gasteiger partial charge in [-0.05, 0) is 29.8 Å². The number of nitrogens with two attached hydrogens (primary N) is 1. The van der Waals surface area contributed by atoms with Gasteiger partial charge in [-0.1, -0.05) is 24.3 Å². The first-order valence-electron chi connectivity index (χ1n) is 6.89. The summed E-state index contributed by atoms with van der Waals surface area (Å²) < 4.78 is 10.5. The minimum atomic E-state index is -0.0779. The van der Waals surface area contributed by atoms with Crippen LogP contribution in [-0.4, -0.2) is 27.8 Å². The first kappa shape index (κ1) is 15.2. The highest BCUT2D eigenvalue weighted by Crippen LogP contribution is 2.28. The maximum Gasteiger partial charge on any atom is 0.142 e. The van der Waals surface area contributed by atoms with E-state index in [9.17, 15) is 0 Å². The van der Waals surface area contributed by atoms with Crippen LogP contribution in [-0.2, 0) is 0 Å². The molecule has 0 aliphatic heterocycles. The molecule has 0 bridgehead atoms. The van der Waals surface area contributed by atoms with Gasteiger partial charge in [0.25, 0.3) is 0 Å². The summed E-state index contributed by atoms with van der Waals surface area (Å²) in [4.78, 5) is 2.10. The van der Waals surface area contributed by atoms with Gasteiger partial charge in [0.2, 0.25) is 0 Å². The average Bonchev–Trinajstić information content (AvgIpc) is 2.54. The molecule has 4 heteroatoms. The number of nitrogens with zero attached hydrogens (tertiary/aromatic N) is 1. The van der Waals surface area contributed by atoms with Crippen molar-refractivity contribution < 1.29 is 9.47 Å². The smallest absolute Gasteiger partial charge is 0.142 e. The van der Waals surface area contributed by atoms with Crippen molar-refractivity contribution in [1.82, 2.24) is 0 Å². The molecule has 0 saturated carbocycles. The number of ether oxygens (including phenoxy) is 2. The molecule has 0 aliphatic rings. The molecule has 2 aromatic rings. The van der Waals surface area contributed by atoms with Crippen LogP contribution < -0.4 is 20.1 Å². The second kappa shape index (κ2) is 6.99. The summed E-state index contributed by atoms with van der Waals surface area (Å²) >= 11 is 0.